The Morgan fingerprint density at radius 1 is 1.12 bits per heavy atom. The average Bonchev–Trinajstić information content (AvgIpc) is 2.24. The topological polar surface area (TPSA) is 32.7 Å². The molecule has 0 spiro atoms. The third-order valence-electron chi connectivity index (χ3n) is 2.32. The zero-order valence-corrected chi connectivity index (χ0v) is 11.2. The highest BCUT2D eigenvalue weighted by molar-refractivity contribution is 6.40. The quantitative estimate of drug-likeness (QED) is 0.722. The molecule has 0 aliphatic heterocycles. The molecular formula is C14H20N2O. The van der Waals surface area contributed by atoms with Crippen molar-refractivity contribution in [2.75, 3.05) is 14.1 Å². The van der Waals surface area contributed by atoms with Crippen LogP contribution in [0.4, 0.5) is 5.69 Å². The van der Waals surface area contributed by atoms with Crippen LogP contribution in [0.15, 0.2) is 35.3 Å². The van der Waals surface area contributed by atoms with Crippen LogP contribution >= 0.6 is 0 Å². The van der Waals surface area contributed by atoms with E-state index in [4.69, 9.17) is 0 Å². The second-order valence-corrected chi connectivity index (χ2v) is 5.25. The summed E-state index contributed by atoms with van der Waals surface area (Å²) in [6.07, 6.45) is 0. The van der Waals surface area contributed by atoms with Gasteiger partial charge < -0.3 is 4.90 Å². The maximum Gasteiger partial charge on any atom is 0.268 e. The number of rotatable bonds is 2. The van der Waals surface area contributed by atoms with E-state index in [1.54, 1.807) is 19.0 Å². The summed E-state index contributed by atoms with van der Waals surface area (Å²) in [5, 5.41) is 0. The molecule has 0 unspecified atom stereocenters. The molecule has 1 rings (SSSR count). The van der Waals surface area contributed by atoms with Crippen LogP contribution in [-0.2, 0) is 4.79 Å². The molecular weight excluding hydrogens is 212 g/mol. The average molecular weight is 232 g/mol. The molecule has 92 valence electrons. The van der Waals surface area contributed by atoms with Gasteiger partial charge in [-0.3, -0.25) is 4.79 Å². The minimum atomic E-state index is -0.267. The van der Waals surface area contributed by atoms with Crippen molar-refractivity contribution >= 4 is 17.3 Å². The smallest absolute Gasteiger partial charge is 0.268 e. The van der Waals surface area contributed by atoms with Gasteiger partial charge in [0, 0.05) is 19.5 Å². The Morgan fingerprint density at radius 3 is 2.06 bits per heavy atom. The number of para-hydroxylation sites is 1. The zero-order chi connectivity index (χ0) is 13.1. The Hall–Kier alpha value is -1.64. The van der Waals surface area contributed by atoms with Gasteiger partial charge in [-0.1, -0.05) is 39.0 Å². The minimum Gasteiger partial charge on any atom is -0.344 e. The Bertz CT molecular complexity index is 414. The number of carbonyl (C=O) groups is 1. The van der Waals surface area contributed by atoms with E-state index in [0.717, 1.165) is 5.69 Å². The molecule has 0 bridgehead atoms. The van der Waals surface area contributed by atoms with Gasteiger partial charge in [-0.05, 0) is 12.1 Å². The molecule has 0 aromatic heterocycles. The summed E-state index contributed by atoms with van der Waals surface area (Å²) in [6.45, 7) is 5.99. The second-order valence-electron chi connectivity index (χ2n) is 5.25. The number of amides is 1. The van der Waals surface area contributed by atoms with Gasteiger partial charge in [0.15, 0.2) is 0 Å². The van der Waals surface area contributed by atoms with Crippen LogP contribution < -0.4 is 0 Å². The van der Waals surface area contributed by atoms with Gasteiger partial charge in [0.05, 0.1) is 5.69 Å². The number of hydrogen-bond acceptors (Lipinski definition) is 2. The van der Waals surface area contributed by atoms with Crippen molar-refractivity contribution in [2.24, 2.45) is 10.4 Å². The van der Waals surface area contributed by atoms with Crippen molar-refractivity contribution in [3.8, 4) is 0 Å². The van der Waals surface area contributed by atoms with Crippen LogP contribution in [0.25, 0.3) is 0 Å². The van der Waals surface area contributed by atoms with Crippen molar-refractivity contribution in [2.45, 2.75) is 20.8 Å². The Kier molecular flexibility index (Phi) is 4.05. The Labute approximate surface area is 103 Å². The molecule has 0 atom stereocenters. The SMILES string of the molecule is CN(C)C(=O)C(=Nc1ccccc1)C(C)(C)C. The summed E-state index contributed by atoms with van der Waals surface area (Å²) >= 11 is 0. The predicted octanol–water partition coefficient (Wildman–Crippen LogP) is 2.89. The monoisotopic (exact) mass is 232 g/mol. The molecule has 17 heavy (non-hydrogen) atoms. The van der Waals surface area contributed by atoms with Gasteiger partial charge >= 0.3 is 0 Å². The lowest BCUT2D eigenvalue weighted by molar-refractivity contribution is -0.122. The Morgan fingerprint density at radius 2 is 1.65 bits per heavy atom. The highest BCUT2D eigenvalue weighted by Crippen LogP contribution is 2.21. The predicted molar refractivity (Wildman–Crippen MR) is 71.7 cm³/mol. The van der Waals surface area contributed by atoms with Crippen molar-refractivity contribution in [3.63, 3.8) is 0 Å². The fourth-order valence-corrected chi connectivity index (χ4v) is 1.38. The molecule has 0 radical (unpaired) electrons. The van der Waals surface area contributed by atoms with Crippen LogP contribution in [0, 0.1) is 5.41 Å². The summed E-state index contributed by atoms with van der Waals surface area (Å²) in [5.74, 6) is -0.0404. The molecule has 3 nitrogen and oxygen atoms in total. The van der Waals surface area contributed by atoms with Crippen LogP contribution in [0.3, 0.4) is 0 Å². The highest BCUT2D eigenvalue weighted by Gasteiger charge is 2.27. The van der Waals surface area contributed by atoms with Gasteiger partial charge in [0.1, 0.15) is 5.71 Å². The maximum absolute atomic E-state index is 12.1. The lowest BCUT2D eigenvalue weighted by Gasteiger charge is -2.23. The third kappa shape index (κ3) is 3.70. The fraction of sp³-hybridized carbons (Fsp3) is 0.429. The highest BCUT2D eigenvalue weighted by atomic mass is 16.2. The fourth-order valence-electron chi connectivity index (χ4n) is 1.38. The summed E-state index contributed by atoms with van der Waals surface area (Å²) in [4.78, 5) is 18.1. The van der Waals surface area contributed by atoms with Crippen LogP contribution in [0.1, 0.15) is 20.8 Å². The molecule has 0 saturated carbocycles. The molecule has 0 aliphatic rings. The first-order valence-corrected chi connectivity index (χ1v) is 5.68. The van der Waals surface area contributed by atoms with E-state index >= 15 is 0 Å². The molecule has 0 N–H and O–H groups in total. The van der Waals surface area contributed by atoms with Crippen LogP contribution in [0.5, 0.6) is 0 Å². The number of aliphatic imine (C=N–C) groups is 1. The first kappa shape index (κ1) is 13.4. The number of carbonyl (C=O) groups excluding carboxylic acids is 1. The number of hydrogen-bond donors (Lipinski definition) is 0. The van der Waals surface area contributed by atoms with E-state index in [1.165, 1.54) is 0 Å². The van der Waals surface area contributed by atoms with Gasteiger partial charge in [0.2, 0.25) is 0 Å². The molecule has 0 heterocycles. The first-order valence-electron chi connectivity index (χ1n) is 5.68. The summed E-state index contributed by atoms with van der Waals surface area (Å²) in [5.41, 5.74) is 1.12. The third-order valence-corrected chi connectivity index (χ3v) is 2.32. The van der Waals surface area contributed by atoms with E-state index in [9.17, 15) is 4.79 Å². The van der Waals surface area contributed by atoms with E-state index in [-0.39, 0.29) is 11.3 Å². The minimum absolute atomic E-state index is 0.0404. The van der Waals surface area contributed by atoms with Gasteiger partial charge in [-0.15, -0.1) is 0 Å². The Balaban J connectivity index is 3.17. The van der Waals surface area contributed by atoms with Crippen molar-refractivity contribution in [1.82, 2.24) is 4.90 Å². The van der Waals surface area contributed by atoms with E-state index in [1.807, 2.05) is 51.1 Å². The van der Waals surface area contributed by atoms with Crippen LogP contribution in [-0.4, -0.2) is 30.6 Å². The summed E-state index contributed by atoms with van der Waals surface area (Å²) in [6, 6.07) is 9.56. The first-order chi connectivity index (χ1) is 7.82. The summed E-state index contributed by atoms with van der Waals surface area (Å²) < 4.78 is 0. The molecule has 0 fully saturated rings. The number of benzene rings is 1. The molecule has 3 heteroatoms. The largest absolute Gasteiger partial charge is 0.344 e. The molecule has 0 aliphatic carbocycles. The molecule has 0 saturated heterocycles. The lowest BCUT2D eigenvalue weighted by Crippen LogP contribution is -2.37. The lowest BCUT2D eigenvalue weighted by atomic mass is 9.89. The summed E-state index contributed by atoms with van der Waals surface area (Å²) in [7, 11) is 3.49. The van der Waals surface area contributed by atoms with E-state index in [2.05, 4.69) is 4.99 Å². The van der Waals surface area contributed by atoms with Crippen molar-refractivity contribution < 1.29 is 4.79 Å². The molecule has 1 aromatic rings. The second kappa shape index (κ2) is 5.13. The normalized spacial score (nSPS) is 12.4. The molecule has 1 aromatic carbocycles. The van der Waals surface area contributed by atoms with Gasteiger partial charge in [-0.2, -0.15) is 0 Å². The van der Waals surface area contributed by atoms with Crippen LogP contribution in [0.2, 0.25) is 0 Å². The standard InChI is InChI=1S/C14H20N2O/c1-14(2,3)12(13(17)16(4)5)15-11-9-7-6-8-10-11/h6-10H,1-5H3. The van der Waals surface area contributed by atoms with E-state index < -0.39 is 0 Å². The zero-order valence-electron chi connectivity index (χ0n) is 11.2. The number of nitrogens with zero attached hydrogens (tertiary/aromatic N) is 2. The van der Waals surface area contributed by atoms with Crippen molar-refractivity contribution in [1.29, 1.82) is 0 Å². The van der Waals surface area contributed by atoms with Gasteiger partial charge in [-0.25, -0.2) is 4.99 Å². The molecule has 1 amide bonds. The maximum atomic E-state index is 12.1. The van der Waals surface area contributed by atoms with Crippen molar-refractivity contribution in [3.05, 3.63) is 30.3 Å². The van der Waals surface area contributed by atoms with Gasteiger partial charge in [0.25, 0.3) is 5.91 Å². The van der Waals surface area contributed by atoms with E-state index in [0.29, 0.717) is 5.71 Å².